The molecule has 8 aliphatic rings. The number of methoxy groups -OCH3 is 3. The zero-order chi connectivity index (χ0) is 89.7. The SMILES string of the molecule is CC(C)C.CC(C)C.COC(=O)NC(C(=O)N1CCCC1c1ncc(-c2ccc3cc(-c4ccc(-c5cnc(C6C7CCC(C7)N6C(=O)C(C6CCOCC6)N(OC(=O)N6CCCC6c6ncc(-c7ccc8cc(-c9ccc(-c%10cnc(C%11C%12CCC(C%12)N%11C(=O)C(NC(=O)OC)C%11CCOCC%11)[nH]%10)cc9)ccc8c7)[nH]6)C(=O)OC)[nH]5)cc4)ccc3c2)[nH]1)c1ccccc1. The van der Waals surface area contributed by atoms with Crippen LogP contribution in [0.3, 0.4) is 0 Å². The number of rotatable bonds is 19. The molecule has 674 valence electrons. The number of likely N-dealkylation sites (tertiary alicyclic amines) is 4. The predicted octanol–water partition coefficient (Wildman–Crippen LogP) is 19.0. The lowest BCUT2D eigenvalue weighted by Crippen LogP contribution is -2.58. The highest BCUT2D eigenvalue weighted by Crippen LogP contribution is 2.53. The van der Waals surface area contributed by atoms with Crippen LogP contribution < -0.4 is 10.6 Å². The summed E-state index contributed by atoms with van der Waals surface area (Å²) in [6, 6.07) is 46.8. The lowest BCUT2D eigenvalue weighted by Gasteiger charge is -2.41. The number of hydrogen-bond acceptors (Lipinski definition) is 17. The number of hydroxylamine groups is 2. The molecule has 4 bridgehead atoms. The minimum absolute atomic E-state index is 0.0554. The van der Waals surface area contributed by atoms with E-state index in [2.05, 4.69) is 193 Å². The van der Waals surface area contributed by atoms with Crippen molar-refractivity contribution in [3.63, 3.8) is 0 Å². The Morgan fingerprint density at radius 2 is 0.814 bits per heavy atom. The van der Waals surface area contributed by atoms with E-state index in [0.717, 1.165) is 163 Å². The highest BCUT2D eigenvalue weighted by molar-refractivity contribution is 5.94. The number of piperidine rings is 2. The predicted molar refractivity (Wildman–Crippen MR) is 490 cm³/mol. The van der Waals surface area contributed by atoms with Crippen LogP contribution in [0.1, 0.15) is 191 Å². The number of nitrogens with zero attached hydrogens (tertiary/aromatic N) is 9. The maximum Gasteiger partial charge on any atom is 0.443 e. The fourth-order valence-corrected chi connectivity index (χ4v) is 20.5. The number of ether oxygens (including phenoxy) is 5. The van der Waals surface area contributed by atoms with Crippen LogP contribution in [0.25, 0.3) is 88.8 Å². The first-order valence-corrected chi connectivity index (χ1v) is 45.9. The Morgan fingerprint density at radius 3 is 1.29 bits per heavy atom. The zero-order valence-corrected chi connectivity index (χ0v) is 74.9. The number of carbonyl (C=O) groups is 7. The van der Waals surface area contributed by atoms with Gasteiger partial charge in [0.05, 0.1) is 93.1 Å². The second kappa shape index (κ2) is 39.1. The molecule has 4 aromatic heterocycles. The number of benzene rings is 7. The van der Waals surface area contributed by atoms with Crippen LogP contribution in [-0.2, 0) is 42.9 Å². The molecule has 8 fully saturated rings. The summed E-state index contributed by atoms with van der Waals surface area (Å²) in [4.78, 5) is 146. The summed E-state index contributed by atoms with van der Waals surface area (Å²) >= 11 is 0. The molecule has 6 N–H and O–H groups in total. The molecular weight excluding hydrogens is 1630 g/mol. The standard InChI is InChI=1S/C93H97N15O13.2C4H10/c1-116-90(112)102-78(57-9-5-4-6-10-57)87(109)104-37-7-11-76(104)83-94-51-74(98-83)66-27-25-62-43-60(21-23-64(62)45-66)54-15-19-56(20-16-54)73-50-97-86(101-73)81-69-30-32-71(48-69)107(81)89(111)82(59-35-41-120-42-36-59)108(93(115)118-3)121-92(114)105-38-8-12-77(105)84-95-52-75(99-84)67-28-26-63-44-61(22-24-65(63)46-67)53-13-17-55(18-14-53)72-49-96-85(100-72)80-68-29-31-70(47-68)106(80)88(110)79(103-91(113)117-2)58-33-39-119-40-34-58;2*1-4(2)3/h4-6,9-10,13-28,43-46,49-52,58-59,68-71,76-82H,7-8,11-12,29-42,47-48H2,1-3H3,(H,94,98)(H,95,99)(H,96,100)(H,97,101)(H,102,112)(H,103,113);2*4H,1-3H3. The zero-order valence-electron chi connectivity index (χ0n) is 74.9. The largest absolute Gasteiger partial charge is 0.453 e. The Bertz CT molecular complexity index is 5800. The van der Waals surface area contributed by atoms with Crippen molar-refractivity contribution >= 4 is 63.6 Å². The van der Waals surface area contributed by atoms with Gasteiger partial charge in [0.2, 0.25) is 11.8 Å². The number of aromatic nitrogens is 8. The van der Waals surface area contributed by atoms with Crippen LogP contribution >= 0.6 is 0 Å². The smallest absolute Gasteiger partial charge is 0.443 e. The number of imidazole rings is 4. The van der Waals surface area contributed by atoms with E-state index in [9.17, 15) is 28.8 Å². The average Bonchev–Trinajstić information content (AvgIpc) is 1.59. The Kier molecular flexibility index (Phi) is 26.8. The average molecular weight is 1750 g/mol. The molecular formula is C101H117N15O13. The lowest BCUT2D eigenvalue weighted by molar-refractivity contribution is -0.171. The van der Waals surface area contributed by atoms with Crippen molar-refractivity contribution in [1.29, 1.82) is 0 Å². The molecule has 11 aromatic rings. The maximum absolute atomic E-state index is 15.9. The van der Waals surface area contributed by atoms with E-state index in [1.807, 2.05) is 58.7 Å². The third-order valence-corrected chi connectivity index (χ3v) is 26.7. The number of fused-ring (bicyclic) bond motifs is 6. The van der Waals surface area contributed by atoms with Crippen molar-refractivity contribution in [1.82, 2.24) is 75.2 Å². The first-order valence-electron chi connectivity index (χ1n) is 45.9. The van der Waals surface area contributed by atoms with E-state index in [1.165, 1.54) is 21.3 Å². The molecule has 2 aliphatic carbocycles. The van der Waals surface area contributed by atoms with Gasteiger partial charge in [-0.2, -0.15) is 0 Å². The van der Waals surface area contributed by atoms with E-state index in [-0.39, 0.29) is 59.6 Å². The number of aromatic amines is 4. The van der Waals surface area contributed by atoms with Gasteiger partial charge in [-0.1, -0.05) is 169 Å². The van der Waals surface area contributed by atoms with Crippen molar-refractivity contribution < 1.29 is 62.1 Å². The fourth-order valence-electron chi connectivity index (χ4n) is 20.5. The molecule has 6 saturated heterocycles. The molecule has 28 nitrogen and oxygen atoms in total. The Hall–Kier alpha value is -12.7. The number of H-pyrrole nitrogens is 4. The fraction of sp³-hybridized carbons (Fsp3) is 0.436. The van der Waals surface area contributed by atoms with Gasteiger partial charge < -0.3 is 73.8 Å². The van der Waals surface area contributed by atoms with Crippen LogP contribution in [0.2, 0.25) is 0 Å². The maximum atomic E-state index is 15.9. The summed E-state index contributed by atoms with van der Waals surface area (Å²) in [6.45, 7) is 15.7. The highest BCUT2D eigenvalue weighted by atomic mass is 16.8. The van der Waals surface area contributed by atoms with E-state index >= 15 is 4.79 Å². The summed E-state index contributed by atoms with van der Waals surface area (Å²) in [6.07, 6.45) is 14.4. The van der Waals surface area contributed by atoms with Gasteiger partial charge in [-0.25, -0.2) is 39.1 Å². The van der Waals surface area contributed by atoms with Crippen molar-refractivity contribution in [2.45, 2.75) is 186 Å². The van der Waals surface area contributed by atoms with Crippen LogP contribution in [0, 0.1) is 35.5 Å². The minimum Gasteiger partial charge on any atom is -0.453 e. The van der Waals surface area contributed by atoms with Gasteiger partial charge in [0.25, 0.3) is 5.91 Å². The van der Waals surface area contributed by atoms with Crippen molar-refractivity contribution in [2.24, 2.45) is 35.5 Å². The molecule has 2 saturated carbocycles. The Balaban J connectivity index is 0.00000140. The van der Waals surface area contributed by atoms with Crippen LogP contribution in [-0.4, -0.2) is 192 Å². The Labute approximate surface area is 751 Å². The Morgan fingerprint density at radius 1 is 0.419 bits per heavy atom. The summed E-state index contributed by atoms with van der Waals surface area (Å²) in [5, 5.41) is 10.7. The third-order valence-electron chi connectivity index (χ3n) is 26.7. The quantitative estimate of drug-likeness (QED) is 0.0323. The van der Waals surface area contributed by atoms with Crippen molar-refractivity contribution in [3.05, 3.63) is 205 Å². The van der Waals surface area contributed by atoms with Crippen LogP contribution in [0.5, 0.6) is 0 Å². The lowest BCUT2D eigenvalue weighted by atomic mass is 9.89. The summed E-state index contributed by atoms with van der Waals surface area (Å²) in [5.74, 6) is 3.53. The topological polar surface area (TPSA) is 330 Å². The first kappa shape index (κ1) is 88.3. The van der Waals surface area contributed by atoms with Crippen LogP contribution in [0.4, 0.5) is 19.2 Å². The van der Waals surface area contributed by atoms with Gasteiger partial charge in [0.1, 0.15) is 35.4 Å². The summed E-state index contributed by atoms with van der Waals surface area (Å²) < 4.78 is 26.7. The van der Waals surface area contributed by atoms with Crippen molar-refractivity contribution in [3.8, 4) is 67.3 Å². The van der Waals surface area contributed by atoms with E-state index < -0.39 is 60.5 Å². The van der Waals surface area contributed by atoms with E-state index in [0.29, 0.717) is 101 Å². The monoisotopic (exact) mass is 1750 g/mol. The molecule has 19 rings (SSSR count). The minimum atomic E-state index is -1.23. The summed E-state index contributed by atoms with van der Waals surface area (Å²) in [5.41, 5.74) is 11.8. The molecule has 11 atom stereocenters. The number of carbonyl (C=O) groups excluding carboxylic acids is 7. The first-order chi connectivity index (χ1) is 62.6. The third kappa shape index (κ3) is 19.0. The highest BCUT2D eigenvalue weighted by Gasteiger charge is 2.56. The number of nitrogens with one attached hydrogen (secondary N) is 6. The van der Waals surface area contributed by atoms with E-state index in [4.69, 9.17) is 48.5 Å². The van der Waals surface area contributed by atoms with Gasteiger partial charge in [0.15, 0.2) is 6.04 Å². The van der Waals surface area contributed by atoms with E-state index in [1.54, 1.807) is 16.0 Å². The number of alkyl carbamates (subject to hydrolysis) is 2. The van der Waals surface area contributed by atoms with Gasteiger partial charge >= 0.3 is 24.4 Å². The second-order valence-electron chi connectivity index (χ2n) is 36.9. The number of amides is 7. The molecule has 10 heterocycles. The molecule has 6 aliphatic heterocycles. The van der Waals surface area contributed by atoms with Crippen LogP contribution in [0.15, 0.2) is 176 Å². The molecule has 7 aromatic carbocycles. The number of hydrogen-bond donors (Lipinski definition) is 6. The molecule has 0 radical (unpaired) electrons. The molecule has 28 heteroatoms. The molecule has 0 spiro atoms. The molecule has 11 unspecified atom stereocenters. The van der Waals surface area contributed by atoms with Gasteiger partial charge in [0, 0.05) is 62.7 Å². The molecule has 7 amide bonds. The van der Waals surface area contributed by atoms with Crippen molar-refractivity contribution in [2.75, 3.05) is 60.8 Å². The van der Waals surface area contributed by atoms with Gasteiger partial charge in [-0.05, 0) is 210 Å². The van der Waals surface area contributed by atoms with Gasteiger partial charge in [-0.3, -0.25) is 19.3 Å². The van der Waals surface area contributed by atoms with Gasteiger partial charge in [-0.15, -0.1) is 5.06 Å². The normalized spacial score (nSPS) is 21.4. The summed E-state index contributed by atoms with van der Waals surface area (Å²) in [7, 11) is 3.83. The molecule has 129 heavy (non-hydrogen) atoms. The second-order valence-corrected chi connectivity index (χ2v) is 36.9.